The van der Waals surface area contributed by atoms with Crippen LogP contribution >= 0.6 is 0 Å². The molecule has 0 aromatic rings. The summed E-state index contributed by atoms with van der Waals surface area (Å²) in [5.74, 6) is 1.54. The van der Waals surface area contributed by atoms with Gasteiger partial charge in [0.1, 0.15) is 0 Å². The van der Waals surface area contributed by atoms with E-state index in [1.54, 1.807) is 4.90 Å². The molecule has 0 unspecified atom stereocenters. The van der Waals surface area contributed by atoms with Crippen molar-refractivity contribution in [1.82, 2.24) is 4.90 Å². The number of Topliss-reactive ketones (excluding diaryl/α,β-unsaturated/α-hetero) is 1. The zero-order valence-corrected chi connectivity index (χ0v) is 8.82. The number of nitrogens with zero attached hydrogens (tertiary/aromatic N) is 1. The third-order valence-electron chi connectivity index (χ3n) is 3.55. The van der Waals surface area contributed by atoms with Crippen LogP contribution in [-0.4, -0.2) is 29.2 Å². The fourth-order valence-electron chi connectivity index (χ4n) is 2.47. The van der Waals surface area contributed by atoms with Crippen LogP contribution in [0.2, 0.25) is 0 Å². The number of hydrogen-bond donors (Lipinski definition) is 0. The number of hydrogen-bond acceptors (Lipinski definition) is 2. The summed E-state index contributed by atoms with van der Waals surface area (Å²) < 4.78 is 0. The lowest BCUT2D eigenvalue weighted by molar-refractivity contribution is -0.142. The minimum atomic E-state index is -0.0800. The highest BCUT2D eigenvalue weighted by Gasteiger charge is 2.42. The van der Waals surface area contributed by atoms with Crippen molar-refractivity contribution in [3.63, 3.8) is 0 Å². The fraction of sp³-hybridized carbons (Fsp3) is 0.818. The molecule has 2 atom stereocenters. The van der Waals surface area contributed by atoms with Gasteiger partial charge in [-0.3, -0.25) is 9.59 Å². The molecule has 0 spiro atoms. The number of ketones is 1. The molecule has 0 radical (unpaired) electrons. The Bertz CT molecular complexity index is 248. The average Bonchev–Trinajstić information content (AvgIpc) is 2.57. The van der Waals surface area contributed by atoms with Gasteiger partial charge in [-0.25, -0.2) is 0 Å². The first-order valence-electron chi connectivity index (χ1n) is 5.41. The molecule has 0 saturated carbocycles. The molecule has 2 heterocycles. The topological polar surface area (TPSA) is 37.4 Å². The molecule has 0 aliphatic carbocycles. The molecule has 0 bridgehead atoms. The molecule has 2 rings (SSSR count). The summed E-state index contributed by atoms with van der Waals surface area (Å²) >= 11 is 0. The summed E-state index contributed by atoms with van der Waals surface area (Å²) in [5, 5.41) is 0. The largest absolute Gasteiger partial charge is 0.332 e. The third kappa shape index (κ3) is 1.45. The van der Waals surface area contributed by atoms with Gasteiger partial charge < -0.3 is 4.90 Å². The van der Waals surface area contributed by atoms with Gasteiger partial charge in [-0.2, -0.15) is 0 Å². The van der Waals surface area contributed by atoms with Gasteiger partial charge in [0.25, 0.3) is 0 Å². The average molecular weight is 195 g/mol. The van der Waals surface area contributed by atoms with Crippen LogP contribution in [0.5, 0.6) is 0 Å². The number of rotatable bonds is 1. The third-order valence-corrected chi connectivity index (χ3v) is 3.55. The van der Waals surface area contributed by atoms with Crippen LogP contribution in [0.4, 0.5) is 0 Å². The second-order valence-corrected chi connectivity index (χ2v) is 4.77. The molecule has 0 aromatic heterocycles. The van der Waals surface area contributed by atoms with Crippen LogP contribution < -0.4 is 0 Å². The smallest absolute Gasteiger partial charge is 0.223 e. The predicted octanol–water partition coefficient (Wildman–Crippen LogP) is 1.22. The van der Waals surface area contributed by atoms with E-state index in [-0.39, 0.29) is 17.7 Å². The molecular weight excluding hydrogens is 178 g/mol. The number of carbonyl (C=O) groups is 2. The maximum absolute atomic E-state index is 11.6. The summed E-state index contributed by atoms with van der Waals surface area (Å²) in [7, 11) is 0. The first kappa shape index (κ1) is 9.69. The van der Waals surface area contributed by atoms with Crippen molar-refractivity contribution >= 4 is 11.7 Å². The lowest BCUT2D eigenvalue weighted by Gasteiger charge is -2.27. The Labute approximate surface area is 84.5 Å². The Morgan fingerprint density at radius 2 is 2.00 bits per heavy atom. The first-order valence-corrected chi connectivity index (χ1v) is 5.41. The molecule has 1 amide bonds. The lowest BCUT2D eigenvalue weighted by Crippen LogP contribution is -2.44. The zero-order valence-electron chi connectivity index (χ0n) is 8.82. The monoisotopic (exact) mass is 195 g/mol. The van der Waals surface area contributed by atoms with Gasteiger partial charge in [0.05, 0.1) is 6.04 Å². The Hall–Kier alpha value is -0.860. The molecular formula is C11H17NO2. The number of carbonyl (C=O) groups excluding carboxylic acids is 2. The molecule has 3 heteroatoms. The van der Waals surface area contributed by atoms with Gasteiger partial charge in [-0.1, -0.05) is 13.8 Å². The molecule has 2 aliphatic heterocycles. The predicted molar refractivity (Wildman–Crippen MR) is 52.7 cm³/mol. The quantitative estimate of drug-likeness (QED) is 0.631. The highest BCUT2D eigenvalue weighted by molar-refractivity contribution is 5.95. The normalized spacial score (nSPS) is 32.6. The van der Waals surface area contributed by atoms with E-state index in [0.717, 1.165) is 13.0 Å². The van der Waals surface area contributed by atoms with Crippen molar-refractivity contribution < 1.29 is 9.59 Å². The Kier molecular flexibility index (Phi) is 2.33. The summed E-state index contributed by atoms with van der Waals surface area (Å²) in [6.45, 7) is 5.13. The molecule has 2 aliphatic rings. The SMILES string of the molecule is CC(C)[C@@H]1C[C@H]2C(=O)CCC(=O)N2C1. The summed E-state index contributed by atoms with van der Waals surface area (Å²) in [6.07, 6.45) is 1.78. The summed E-state index contributed by atoms with van der Waals surface area (Å²) in [4.78, 5) is 25.0. The zero-order chi connectivity index (χ0) is 10.3. The second kappa shape index (κ2) is 3.37. The fourth-order valence-corrected chi connectivity index (χ4v) is 2.47. The van der Waals surface area contributed by atoms with Crippen molar-refractivity contribution in [3.05, 3.63) is 0 Å². The van der Waals surface area contributed by atoms with E-state index in [0.29, 0.717) is 24.7 Å². The van der Waals surface area contributed by atoms with Gasteiger partial charge in [-0.15, -0.1) is 0 Å². The number of fused-ring (bicyclic) bond motifs is 1. The highest BCUT2D eigenvalue weighted by atomic mass is 16.2. The molecule has 2 fully saturated rings. The lowest BCUT2D eigenvalue weighted by atomic mass is 9.91. The van der Waals surface area contributed by atoms with E-state index in [1.807, 2.05) is 0 Å². The minimum absolute atomic E-state index is 0.0800. The Morgan fingerprint density at radius 1 is 1.29 bits per heavy atom. The van der Waals surface area contributed by atoms with E-state index in [2.05, 4.69) is 13.8 Å². The standard InChI is InChI=1S/C11H17NO2/c1-7(2)8-5-9-10(13)3-4-11(14)12(9)6-8/h7-9H,3-6H2,1-2H3/t8-,9+/m1/s1. The van der Waals surface area contributed by atoms with E-state index < -0.39 is 0 Å². The molecule has 0 aromatic carbocycles. The van der Waals surface area contributed by atoms with Gasteiger partial charge in [-0.05, 0) is 18.3 Å². The van der Waals surface area contributed by atoms with Crippen molar-refractivity contribution in [3.8, 4) is 0 Å². The number of piperidine rings is 1. The molecule has 14 heavy (non-hydrogen) atoms. The van der Waals surface area contributed by atoms with Gasteiger partial charge in [0, 0.05) is 19.4 Å². The summed E-state index contributed by atoms with van der Waals surface area (Å²) in [5.41, 5.74) is 0. The van der Waals surface area contributed by atoms with E-state index in [4.69, 9.17) is 0 Å². The van der Waals surface area contributed by atoms with Gasteiger partial charge >= 0.3 is 0 Å². The molecule has 0 N–H and O–H groups in total. The van der Waals surface area contributed by atoms with Crippen LogP contribution in [-0.2, 0) is 9.59 Å². The summed E-state index contributed by atoms with van der Waals surface area (Å²) in [6, 6.07) is -0.0800. The number of amides is 1. The molecule has 78 valence electrons. The Morgan fingerprint density at radius 3 is 2.57 bits per heavy atom. The van der Waals surface area contributed by atoms with Gasteiger partial charge in [0.15, 0.2) is 5.78 Å². The van der Waals surface area contributed by atoms with E-state index >= 15 is 0 Å². The van der Waals surface area contributed by atoms with Crippen LogP contribution in [0.1, 0.15) is 33.1 Å². The van der Waals surface area contributed by atoms with Crippen molar-refractivity contribution in [1.29, 1.82) is 0 Å². The highest BCUT2D eigenvalue weighted by Crippen LogP contribution is 2.32. The first-order chi connectivity index (χ1) is 6.59. The maximum Gasteiger partial charge on any atom is 0.223 e. The minimum Gasteiger partial charge on any atom is -0.332 e. The van der Waals surface area contributed by atoms with Crippen LogP contribution in [0, 0.1) is 11.8 Å². The van der Waals surface area contributed by atoms with Gasteiger partial charge in [0.2, 0.25) is 5.91 Å². The van der Waals surface area contributed by atoms with Crippen LogP contribution in [0.15, 0.2) is 0 Å². The van der Waals surface area contributed by atoms with Crippen molar-refractivity contribution in [2.24, 2.45) is 11.8 Å². The maximum atomic E-state index is 11.6. The van der Waals surface area contributed by atoms with Crippen LogP contribution in [0.3, 0.4) is 0 Å². The molecule has 2 saturated heterocycles. The van der Waals surface area contributed by atoms with E-state index in [9.17, 15) is 9.59 Å². The Balaban J connectivity index is 2.14. The van der Waals surface area contributed by atoms with E-state index in [1.165, 1.54) is 0 Å². The second-order valence-electron chi connectivity index (χ2n) is 4.77. The van der Waals surface area contributed by atoms with Crippen molar-refractivity contribution in [2.45, 2.75) is 39.2 Å². The van der Waals surface area contributed by atoms with Crippen LogP contribution in [0.25, 0.3) is 0 Å². The van der Waals surface area contributed by atoms with Crippen molar-refractivity contribution in [2.75, 3.05) is 6.54 Å². The molecule has 3 nitrogen and oxygen atoms in total.